The van der Waals surface area contributed by atoms with Crippen molar-refractivity contribution < 1.29 is 13.9 Å². The van der Waals surface area contributed by atoms with Crippen molar-refractivity contribution in [2.75, 3.05) is 45.8 Å². The Kier molecular flexibility index (Phi) is 7.52. The number of carbonyl (C=O) groups is 1. The van der Waals surface area contributed by atoms with E-state index in [-0.39, 0.29) is 11.9 Å². The maximum absolute atomic E-state index is 13.1. The molecule has 0 bridgehead atoms. The largest absolute Gasteiger partial charge is 0.444 e. The van der Waals surface area contributed by atoms with E-state index in [4.69, 9.17) is 4.74 Å². The van der Waals surface area contributed by atoms with Gasteiger partial charge in [0.15, 0.2) is 0 Å². The molecule has 0 radical (unpaired) electrons. The van der Waals surface area contributed by atoms with Gasteiger partial charge in [0.05, 0.1) is 0 Å². The minimum atomic E-state index is -0.431. The van der Waals surface area contributed by atoms with E-state index in [1.807, 2.05) is 37.8 Å². The molecule has 2 aliphatic rings. The minimum Gasteiger partial charge on any atom is -0.444 e. The first-order valence-corrected chi connectivity index (χ1v) is 11.0. The highest BCUT2D eigenvalue weighted by atomic mass is 19.1. The number of hydrogen-bond acceptors (Lipinski definition) is 4. The fourth-order valence-electron chi connectivity index (χ4n) is 4.20. The zero-order valence-corrected chi connectivity index (χ0v) is 18.2. The van der Waals surface area contributed by atoms with E-state index in [9.17, 15) is 9.18 Å². The molecule has 0 aromatic heterocycles. The van der Waals surface area contributed by atoms with Crippen LogP contribution in [-0.4, -0.2) is 72.2 Å². The number of benzene rings is 1. The van der Waals surface area contributed by atoms with Gasteiger partial charge in [0.25, 0.3) is 0 Å². The van der Waals surface area contributed by atoms with E-state index in [1.165, 1.54) is 5.56 Å². The predicted molar refractivity (Wildman–Crippen MR) is 113 cm³/mol. The van der Waals surface area contributed by atoms with E-state index < -0.39 is 5.60 Å². The third kappa shape index (κ3) is 7.27. The molecule has 0 aliphatic carbocycles. The third-order valence-electron chi connectivity index (χ3n) is 5.78. The van der Waals surface area contributed by atoms with Gasteiger partial charge in [0.2, 0.25) is 0 Å². The molecule has 0 spiro atoms. The monoisotopic (exact) mass is 405 g/mol. The normalized spacial score (nSPS) is 20.5. The third-order valence-corrected chi connectivity index (χ3v) is 5.78. The highest BCUT2D eigenvalue weighted by Gasteiger charge is 2.28. The molecular formula is C23H36FN3O2. The molecule has 162 valence electrons. The average Bonchev–Trinajstić information content (AvgIpc) is 2.88. The summed E-state index contributed by atoms with van der Waals surface area (Å²) < 4.78 is 18.6. The fourth-order valence-corrected chi connectivity index (χ4v) is 4.20. The molecule has 0 atom stereocenters. The van der Waals surface area contributed by atoms with Gasteiger partial charge in [-0.3, -0.25) is 4.90 Å². The lowest BCUT2D eigenvalue weighted by atomic mass is 9.96. The molecule has 0 saturated carbocycles. The van der Waals surface area contributed by atoms with Gasteiger partial charge in [0.1, 0.15) is 11.4 Å². The lowest BCUT2D eigenvalue weighted by molar-refractivity contribution is 0.0170. The van der Waals surface area contributed by atoms with Crippen molar-refractivity contribution in [3.05, 3.63) is 35.6 Å². The number of amides is 1. The average molecular weight is 406 g/mol. The van der Waals surface area contributed by atoms with E-state index in [1.54, 1.807) is 12.1 Å². The van der Waals surface area contributed by atoms with Crippen molar-refractivity contribution in [1.82, 2.24) is 14.7 Å². The van der Waals surface area contributed by atoms with Crippen LogP contribution in [0.5, 0.6) is 0 Å². The molecule has 1 aromatic carbocycles. The van der Waals surface area contributed by atoms with Crippen LogP contribution in [0.15, 0.2) is 24.3 Å². The first-order valence-electron chi connectivity index (χ1n) is 11.0. The number of halogens is 1. The molecule has 1 amide bonds. The predicted octanol–water partition coefficient (Wildman–Crippen LogP) is 3.98. The van der Waals surface area contributed by atoms with Crippen LogP contribution in [0, 0.1) is 11.7 Å². The van der Waals surface area contributed by atoms with Crippen LogP contribution in [0.3, 0.4) is 0 Å². The second kappa shape index (κ2) is 9.90. The molecule has 2 saturated heterocycles. The molecule has 2 aliphatic heterocycles. The molecule has 0 unspecified atom stereocenters. The Bertz CT molecular complexity index is 651. The van der Waals surface area contributed by atoms with Crippen molar-refractivity contribution >= 4 is 6.09 Å². The van der Waals surface area contributed by atoms with Gasteiger partial charge in [-0.25, -0.2) is 9.18 Å². The number of piperidine rings is 1. The van der Waals surface area contributed by atoms with Crippen LogP contribution in [0.1, 0.15) is 45.6 Å². The van der Waals surface area contributed by atoms with E-state index in [0.29, 0.717) is 5.92 Å². The zero-order chi connectivity index (χ0) is 20.9. The Morgan fingerprint density at radius 1 is 1.00 bits per heavy atom. The van der Waals surface area contributed by atoms with Crippen LogP contribution >= 0.6 is 0 Å². The molecule has 2 fully saturated rings. The Hall–Kier alpha value is -1.66. The second-order valence-corrected chi connectivity index (χ2v) is 9.47. The minimum absolute atomic E-state index is 0.173. The van der Waals surface area contributed by atoms with Crippen LogP contribution < -0.4 is 0 Å². The Morgan fingerprint density at radius 3 is 2.28 bits per heavy atom. The van der Waals surface area contributed by atoms with Gasteiger partial charge >= 0.3 is 6.09 Å². The topological polar surface area (TPSA) is 36.0 Å². The van der Waals surface area contributed by atoms with Gasteiger partial charge in [-0.15, -0.1) is 0 Å². The summed E-state index contributed by atoms with van der Waals surface area (Å²) in [6.07, 6.45) is 3.09. The van der Waals surface area contributed by atoms with E-state index >= 15 is 0 Å². The van der Waals surface area contributed by atoms with Crippen molar-refractivity contribution in [3.8, 4) is 0 Å². The summed E-state index contributed by atoms with van der Waals surface area (Å²) in [5.74, 6) is 0.478. The summed E-state index contributed by atoms with van der Waals surface area (Å²) in [5, 5.41) is 0. The Balaban J connectivity index is 1.39. The smallest absolute Gasteiger partial charge is 0.410 e. The number of likely N-dealkylation sites (tertiary alicyclic amines) is 1. The number of carbonyl (C=O) groups excluding carboxylic acids is 1. The fraction of sp³-hybridized carbons (Fsp3) is 0.696. The molecule has 6 heteroatoms. The van der Waals surface area contributed by atoms with Crippen LogP contribution in [0.4, 0.5) is 9.18 Å². The quantitative estimate of drug-likeness (QED) is 0.759. The number of ether oxygens (including phenoxy) is 1. The standard InChI is InChI=1S/C23H36FN3O2/c1-23(2,3)29-22(28)27-13-9-20(10-14-27)18-26-12-4-11-25(15-16-26)17-19-5-7-21(24)8-6-19/h5-8,20H,4,9-18H2,1-3H3. The Labute approximate surface area is 174 Å². The Morgan fingerprint density at radius 2 is 1.62 bits per heavy atom. The lowest BCUT2D eigenvalue weighted by Gasteiger charge is -2.35. The first-order chi connectivity index (χ1) is 13.8. The summed E-state index contributed by atoms with van der Waals surface area (Å²) in [6, 6.07) is 6.86. The lowest BCUT2D eigenvalue weighted by Crippen LogP contribution is -2.44. The second-order valence-electron chi connectivity index (χ2n) is 9.47. The summed E-state index contributed by atoms with van der Waals surface area (Å²) in [5.41, 5.74) is 0.745. The number of nitrogens with zero attached hydrogens (tertiary/aromatic N) is 3. The molecule has 1 aromatic rings. The number of rotatable bonds is 4. The first kappa shape index (κ1) is 22.0. The highest BCUT2D eigenvalue weighted by Crippen LogP contribution is 2.21. The van der Waals surface area contributed by atoms with E-state index in [2.05, 4.69) is 9.80 Å². The van der Waals surface area contributed by atoms with Gasteiger partial charge in [-0.05, 0) is 76.7 Å². The van der Waals surface area contributed by atoms with E-state index in [0.717, 1.165) is 71.6 Å². The summed E-state index contributed by atoms with van der Waals surface area (Å²) in [4.78, 5) is 19.1. The molecule has 0 N–H and O–H groups in total. The van der Waals surface area contributed by atoms with Crippen LogP contribution in [0.25, 0.3) is 0 Å². The maximum atomic E-state index is 13.1. The van der Waals surface area contributed by atoms with Crippen LogP contribution in [0.2, 0.25) is 0 Å². The van der Waals surface area contributed by atoms with Gasteiger partial charge < -0.3 is 14.5 Å². The number of hydrogen-bond donors (Lipinski definition) is 0. The van der Waals surface area contributed by atoms with Crippen molar-refractivity contribution in [2.24, 2.45) is 5.92 Å². The van der Waals surface area contributed by atoms with Crippen molar-refractivity contribution in [2.45, 2.75) is 52.2 Å². The van der Waals surface area contributed by atoms with Crippen molar-refractivity contribution in [1.29, 1.82) is 0 Å². The van der Waals surface area contributed by atoms with Gasteiger partial charge in [-0.1, -0.05) is 12.1 Å². The van der Waals surface area contributed by atoms with Gasteiger partial charge in [-0.2, -0.15) is 0 Å². The molecule has 2 heterocycles. The summed E-state index contributed by atoms with van der Waals surface area (Å²) in [6.45, 7) is 13.7. The molecular weight excluding hydrogens is 369 g/mol. The zero-order valence-electron chi connectivity index (χ0n) is 18.2. The van der Waals surface area contributed by atoms with Crippen LogP contribution in [-0.2, 0) is 11.3 Å². The molecule has 3 rings (SSSR count). The highest BCUT2D eigenvalue weighted by molar-refractivity contribution is 5.68. The maximum Gasteiger partial charge on any atom is 0.410 e. The van der Waals surface area contributed by atoms with Crippen molar-refractivity contribution in [3.63, 3.8) is 0 Å². The molecule has 29 heavy (non-hydrogen) atoms. The summed E-state index contributed by atoms with van der Waals surface area (Å²) in [7, 11) is 0. The van der Waals surface area contributed by atoms with Gasteiger partial charge in [0, 0.05) is 39.3 Å². The SMILES string of the molecule is CC(C)(C)OC(=O)N1CCC(CN2CCCN(Cc3ccc(F)cc3)CC2)CC1. The molecule has 5 nitrogen and oxygen atoms in total. The summed E-state index contributed by atoms with van der Waals surface area (Å²) >= 11 is 0.